The predicted octanol–water partition coefficient (Wildman–Crippen LogP) is 5.25. The minimum absolute atomic E-state index is 0.0577. The Kier molecular flexibility index (Phi) is 4.45. The zero-order valence-electron chi connectivity index (χ0n) is 13.7. The topological polar surface area (TPSA) is 54.9 Å². The highest BCUT2D eigenvalue weighted by Crippen LogP contribution is 2.31. The number of aromatic nitrogens is 2. The summed E-state index contributed by atoms with van der Waals surface area (Å²) in [5, 5.41) is 3.56. The van der Waals surface area contributed by atoms with Gasteiger partial charge in [0.2, 0.25) is 5.91 Å². The zero-order chi connectivity index (χ0) is 17.4. The van der Waals surface area contributed by atoms with Gasteiger partial charge >= 0.3 is 0 Å². The van der Waals surface area contributed by atoms with Crippen LogP contribution in [0.3, 0.4) is 0 Å². The number of amides is 1. The maximum atomic E-state index is 12.2. The molecule has 7 heteroatoms. The number of anilines is 1. The molecule has 0 radical (unpaired) electrons. The molecule has 0 saturated carbocycles. The number of benzene rings is 2. The van der Waals surface area contributed by atoms with E-state index in [2.05, 4.69) is 34.3 Å². The quantitative estimate of drug-likeness (QED) is 0.487. The summed E-state index contributed by atoms with van der Waals surface area (Å²) in [5.74, 6) is 0.269. The van der Waals surface area contributed by atoms with Crippen molar-refractivity contribution in [3.63, 3.8) is 0 Å². The zero-order valence-corrected chi connectivity index (χ0v) is 16.1. The summed E-state index contributed by atoms with van der Waals surface area (Å²) in [5.41, 5.74) is 4.28. The molecular formula is C18H15N3OS3. The van der Waals surface area contributed by atoms with Crippen LogP contribution >= 0.6 is 34.4 Å². The van der Waals surface area contributed by atoms with Crippen LogP contribution in [0.4, 0.5) is 5.13 Å². The van der Waals surface area contributed by atoms with Gasteiger partial charge in [0.15, 0.2) is 9.47 Å². The molecule has 0 aliphatic carbocycles. The molecule has 25 heavy (non-hydrogen) atoms. The van der Waals surface area contributed by atoms with Gasteiger partial charge in [-0.05, 0) is 43.2 Å². The van der Waals surface area contributed by atoms with Crippen LogP contribution in [0, 0.1) is 13.8 Å². The second-order valence-corrected chi connectivity index (χ2v) is 9.02. The fourth-order valence-corrected chi connectivity index (χ4v) is 5.55. The van der Waals surface area contributed by atoms with E-state index in [1.54, 1.807) is 11.3 Å². The molecule has 0 saturated heterocycles. The van der Waals surface area contributed by atoms with E-state index in [9.17, 15) is 4.79 Å². The van der Waals surface area contributed by atoms with Gasteiger partial charge in [-0.2, -0.15) is 0 Å². The molecule has 0 fully saturated rings. The molecule has 0 aliphatic rings. The molecule has 4 aromatic rings. The van der Waals surface area contributed by atoms with Crippen LogP contribution in [0.2, 0.25) is 0 Å². The lowest BCUT2D eigenvalue weighted by Crippen LogP contribution is -2.13. The summed E-state index contributed by atoms with van der Waals surface area (Å²) in [6.45, 7) is 4.11. The molecule has 1 amide bonds. The standard InChI is InChI=1S/C18H15N3OS3/c1-10-7-11(2)16-14(8-10)24-17(21-16)20-15(22)9-23-18-19-12-5-3-4-6-13(12)25-18/h3-8H,9H2,1-2H3,(H,20,21,22). The van der Waals surface area contributed by atoms with E-state index in [1.165, 1.54) is 28.7 Å². The van der Waals surface area contributed by atoms with Crippen molar-refractivity contribution in [1.29, 1.82) is 0 Å². The molecule has 4 rings (SSSR count). The van der Waals surface area contributed by atoms with Gasteiger partial charge in [-0.1, -0.05) is 41.3 Å². The van der Waals surface area contributed by atoms with Crippen LogP contribution in [-0.2, 0) is 4.79 Å². The fraction of sp³-hybridized carbons (Fsp3) is 0.167. The molecule has 4 nitrogen and oxygen atoms in total. The van der Waals surface area contributed by atoms with Crippen LogP contribution in [-0.4, -0.2) is 21.6 Å². The molecule has 0 atom stereocenters. The number of fused-ring (bicyclic) bond motifs is 2. The molecular weight excluding hydrogens is 370 g/mol. The number of carbonyl (C=O) groups is 1. The van der Waals surface area contributed by atoms with E-state index < -0.39 is 0 Å². The lowest BCUT2D eigenvalue weighted by molar-refractivity contribution is -0.113. The second-order valence-electron chi connectivity index (χ2n) is 5.73. The Bertz CT molecular complexity index is 1050. The number of hydrogen-bond acceptors (Lipinski definition) is 6. The molecule has 1 N–H and O–H groups in total. The van der Waals surface area contributed by atoms with E-state index in [0.717, 1.165) is 30.3 Å². The van der Waals surface area contributed by atoms with Crippen molar-refractivity contribution in [3.8, 4) is 0 Å². The number of nitrogens with one attached hydrogen (secondary N) is 1. The number of hydrogen-bond donors (Lipinski definition) is 1. The van der Waals surface area contributed by atoms with Crippen molar-refractivity contribution in [1.82, 2.24) is 9.97 Å². The maximum absolute atomic E-state index is 12.2. The van der Waals surface area contributed by atoms with Crippen molar-refractivity contribution in [2.45, 2.75) is 18.2 Å². The van der Waals surface area contributed by atoms with Gasteiger partial charge in [0.1, 0.15) is 0 Å². The van der Waals surface area contributed by atoms with E-state index in [-0.39, 0.29) is 5.91 Å². The molecule has 0 unspecified atom stereocenters. The van der Waals surface area contributed by atoms with Gasteiger partial charge in [0.05, 0.1) is 26.2 Å². The van der Waals surface area contributed by atoms with Crippen LogP contribution in [0.1, 0.15) is 11.1 Å². The third-order valence-electron chi connectivity index (χ3n) is 3.68. The highest BCUT2D eigenvalue weighted by atomic mass is 32.2. The Hall–Kier alpha value is -1.96. The molecule has 0 aliphatic heterocycles. The summed E-state index contributed by atoms with van der Waals surface area (Å²) < 4.78 is 3.15. The van der Waals surface area contributed by atoms with Crippen molar-refractivity contribution in [2.75, 3.05) is 11.1 Å². The molecule has 2 aromatic carbocycles. The first kappa shape index (κ1) is 16.5. The minimum Gasteiger partial charge on any atom is -0.301 e. The van der Waals surface area contributed by atoms with E-state index >= 15 is 0 Å². The smallest absolute Gasteiger partial charge is 0.236 e. The summed E-state index contributed by atoms with van der Waals surface area (Å²) >= 11 is 4.58. The van der Waals surface area contributed by atoms with Crippen LogP contribution in [0.5, 0.6) is 0 Å². The number of aryl methyl sites for hydroxylation is 2. The lowest BCUT2D eigenvalue weighted by atomic mass is 10.1. The summed E-state index contributed by atoms with van der Waals surface area (Å²) in [7, 11) is 0. The molecule has 2 heterocycles. The number of rotatable bonds is 4. The highest BCUT2D eigenvalue weighted by molar-refractivity contribution is 8.01. The first-order valence-electron chi connectivity index (χ1n) is 7.74. The summed E-state index contributed by atoms with van der Waals surface area (Å²) in [6, 6.07) is 12.2. The third-order valence-corrected chi connectivity index (χ3v) is 6.77. The minimum atomic E-state index is -0.0577. The maximum Gasteiger partial charge on any atom is 0.236 e. The Morgan fingerprint density at radius 2 is 1.96 bits per heavy atom. The van der Waals surface area contributed by atoms with Gasteiger partial charge in [0.25, 0.3) is 0 Å². The van der Waals surface area contributed by atoms with Crippen molar-refractivity contribution in [2.24, 2.45) is 0 Å². The van der Waals surface area contributed by atoms with Crippen LogP contribution in [0.15, 0.2) is 40.7 Å². The van der Waals surface area contributed by atoms with E-state index in [1.807, 2.05) is 31.2 Å². The van der Waals surface area contributed by atoms with Gasteiger partial charge in [-0.3, -0.25) is 4.79 Å². The monoisotopic (exact) mass is 385 g/mol. The Morgan fingerprint density at radius 3 is 2.80 bits per heavy atom. The average molecular weight is 386 g/mol. The molecule has 126 valence electrons. The summed E-state index contributed by atoms with van der Waals surface area (Å²) in [4.78, 5) is 21.3. The van der Waals surface area contributed by atoms with Crippen LogP contribution in [0.25, 0.3) is 20.4 Å². The second kappa shape index (κ2) is 6.74. The Labute approximate surface area is 157 Å². The predicted molar refractivity (Wildman–Crippen MR) is 108 cm³/mol. The van der Waals surface area contributed by atoms with Gasteiger partial charge in [-0.25, -0.2) is 9.97 Å². The number of carbonyl (C=O) groups excluding carboxylic acids is 1. The highest BCUT2D eigenvalue weighted by Gasteiger charge is 2.11. The SMILES string of the molecule is Cc1cc(C)c2nc(NC(=O)CSc3nc4ccccc4s3)sc2c1. The first-order valence-corrected chi connectivity index (χ1v) is 10.4. The lowest BCUT2D eigenvalue weighted by Gasteiger charge is -1.99. The van der Waals surface area contributed by atoms with Gasteiger partial charge < -0.3 is 5.32 Å². The van der Waals surface area contributed by atoms with Crippen molar-refractivity contribution < 1.29 is 4.79 Å². The number of nitrogens with zero attached hydrogens (tertiary/aromatic N) is 2. The van der Waals surface area contributed by atoms with E-state index in [0.29, 0.717) is 10.9 Å². The van der Waals surface area contributed by atoms with E-state index in [4.69, 9.17) is 0 Å². The fourth-order valence-electron chi connectivity index (χ4n) is 2.62. The first-order chi connectivity index (χ1) is 12.1. The van der Waals surface area contributed by atoms with Gasteiger partial charge in [-0.15, -0.1) is 11.3 Å². The van der Waals surface area contributed by atoms with Crippen LogP contribution < -0.4 is 5.32 Å². The average Bonchev–Trinajstić information content (AvgIpc) is 3.16. The number of thioether (sulfide) groups is 1. The van der Waals surface area contributed by atoms with Gasteiger partial charge in [0, 0.05) is 0 Å². The van der Waals surface area contributed by atoms with Crippen molar-refractivity contribution >= 4 is 65.9 Å². The number of para-hydroxylation sites is 1. The largest absolute Gasteiger partial charge is 0.301 e. The molecule has 0 spiro atoms. The Morgan fingerprint density at radius 1 is 1.12 bits per heavy atom. The molecule has 0 bridgehead atoms. The molecule has 2 aromatic heterocycles. The summed E-state index contributed by atoms with van der Waals surface area (Å²) in [6.07, 6.45) is 0. The number of thiazole rings is 2. The normalized spacial score (nSPS) is 11.3. The van der Waals surface area contributed by atoms with Crippen molar-refractivity contribution in [3.05, 3.63) is 47.5 Å². The third kappa shape index (κ3) is 3.53. The Balaban J connectivity index is 1.44.